The lowest BCUT2D eigenvalue weighted by Gasteiger charge is -2.36. The van der Waals surface area contributed by atoms with Crippen molar-refractivity contribution < 1.29 is 4.79 Å². The topological polar surface area (TPSA) is 67.2 Å². The van der Waals surface area contributed by atoms with Gasteiger partial charge in [-0.25, -0.2) is 9.97 Å². The van der Waals surface area contributed by atoms with Crippen LogP contribution < -0.4 is 4.90 Å². The first-order valence-corrected chi connectivity index (χ1v) is 10.8. The van der Waals surface area contributed by atoms with Gasteiger partial charge in [-0.1, -0.05) is 23.7 Å². The van der Waals surface area contributed by atoms with Crippen LogP contribution in [0.1, 0.15) is 47.1 Å². The molecule has 31 heavy (non-hydrogen) atoms. The first-order chi connectivity index (χ1) is 14.8. The fraction of sp³-hybridized carbons (Fsp3) is 0.391. The zero-order chi connectivity index (χ0) is 22.1. The summed E-state index contributed by atoms with van der Waals surface area (Å²) in [5, 5.41) is 5.01. The van der Waals surface area contributed by atoms with Crippen LogP contribution in [0.2, 0.25) is 5.02 Å². The second-order valence-electron chi connectivity index (χ2n) is 8.19. The Labute approximate surface area is 187 Å². The number of rotatable bonds is 4. The number of anilines is 1. The molecule has 0 spiro atoms. The lowest BCUT2D eigenvalue weighted by molar-refractivity contribution is 0.0606. The van der Waals surface area contributed by atoms with Crippen LogP contribution in [-0.2, 0) is 7.05 Å². The average molecular weight is 439 g/mol. The lowest BCUT2D eigenvalue weighted by atomic mass is 9.93. The Kier molecular flexibility index (Phi) is 5.96. The molecule has 4 rings (SSSR count). The summed E-state index contributed by atoms with van der Waals surface area (Å²) in [6, 6.07) is 7.55. The third-order valence-electron chi connectivity index (χ3n) is 5.66. The molecule has 1 aliphatic heterocycles. The van der Waals surface area contributed by atoms with Gasteiger partial charge < -0.3 is 9.80 Å². The molecule has 162 valence electrons. The number of benzene rings is 1. The number of nitrogens with zero attached hydrogens (tertiary/aromatic N) is 6. The number of piperidine rings is 1. The van der Waals surface area contributed by atoms with Crippen LogP contribution >= 0.6 is 11.6 Å². The van der Waals surface area contributed by atoms with Gasteiger partial charge in [-0.05, 0) is 43.9 Å². The maximum atomic E-state index is 13.5. The molecule has 0 unspecified atom stereocenters. The highest BCUT2D eigenvalue weighted by molar-refractivity contribution is 6.30. The predicted molar refractivity (Wildman–Crippen MR) is 122 cm³/mol. The van der Waals surface area contributed by atoms with Gasteiger partial charge in [0.2, 0.25) is 5.95 Å². The highest BCUT2D eigenvalue weighted by atomic mass is 35.5. The number of amides is 1. The molecule has 0 bridgehead atoms. The monoisotopic (exact) mass is 438 g/mol. The summed E-state index contributed by atoms with van der Waals surface area (Å²) in [5.41, 5.74) is 4.09. The van der Waals surface area contributed by atoms with Gasteiger partial charge in [0.05, 0.1) is 23.0 Å². The number of likely N-dealkylation sites (tertiary alicyclic amines) is 1. The maximum Gasteiger partial charge on any atom is 0.257 e. The predicted octanol–water partition coefficient (Wildman–Crippen LogP) is 4.27. The highest BCUT2D eigenvalue weighted by Gasteiger charge is 2.33. The molecule has 1 fully saturated rings. The summed E-state index contributed by atoms with van der Waals surface area (Å²) < 4.78 is 1.69. The number of carbonyl (C=O) groups excluding carboxylic acids is 1. The zero-order valence-electron chi connectivity index (χ0n) is 18.3. The largest absolute Gasteiger partial charge is 0.347 e. The third kappa shape index (κ3) is 4.28. The van der Waals surface area contributed by atoms with E-state index in [-0.39, 0.29) is 11.9 Å². The minimum Gasteiger partial charge on any atom is -0.347 e. The molecule has 0 radical (unpaired) electrons. The summed E-state index contributed by atoms with van der Waals surface area (Å²) in [7, 11) is 5.67. The number of halogens is 1. The summed E-state index contributed by atoms with van der Waals surface area (Å²) >= 11 is 6.27. The van der Waals surface area contributed by atoms with Crippen molar-refractivity contribution in [2.75, 3.05) is 25.5 Å². The van der Waals surface area contributed by atoms with Crippen LogP contribution in [0.4, 0.5) is 5.95 Å². The highest BCUT2D eigenvalue weighted by Crippen LogP contribution is 2.37. The van der Waals surface area contributed by atoms with E-state index in [0.717, 1.165) is 41.8 Å². The zero-order valence-corrected chi connectivity index (χ0v) is 19.1. The van der Waals surface area contributed by atoms with E-state index in [9.17, 15) is 4.79 Å². The van der Waals surface area contributed by atoms with Gasteiger partial charge in [0.15, 0.2) is 0 Å². The van der Waals surface area contributed by atoms with Crippen LogP contribution in [0.15, 0.2) is 36.7 Å². The summed E-state index contributed by atoms with van der Waals surface area (Å²) in [5.74, 6) is 0.619. The van der Waals surface area contributed by atoms with Crippen molar-refractivity contribution >= 4 is 23.5 Å². The second kappa shape index (κ2) is 8.67. The molecule has 1 atom stereocenters. The van der Waals surface area contributed by atoms with Crippen molar-refractivity contribution in [3.8, 4) is 11.1 Å². The molecule has 1 aliphatic rings. The van der Waals surface area contributed by atoms with E-state index in [1.807, 2.05) is 68.3 Å². The number of hydrogen-bond donors (Lipinski definition) is 0. The summed E-state index contributed by atoms with van der Waals surface area (Å²) in [6.45, 7) is 2.56. The van der Waals surface area contributed by atoms with Gasteiger partial charge in [-0.15, -0.1) is 0 Å². The van der Waals surface area contributed by atoms with Gasteiger partial charge >= 0.3 is 0 Å². The van der Waals surface area contributed by atoms with Crippen molar-refractivity contribution in [3.05, 3.63) is 58.6 Å². The van der Waals surface area contributed by atoms with Gasteiger partial charge in [0.25, 0.3) is 5.91 Å². The van der Waals surface area contributed by atoms with E-state index < -0.39 is 0 Å². The Morgan fingerprint density at radius 3 is 2.74 bits per heavy atom. The van der Waals surface area contributed by atoms with Gasteiger partial charge in [0.1, 0.15) is 0 Å². The number of hydrogen-bond acceptors (Lipinski definition) is 5. The van der Waals surface area contributed by atoms with E-state index in [1.165, 1.54) is 0 Å². The van der Waals surface area contributed by atoms with Crippen LogP contribution in [-0.4, -0.2) is 51.2 Å². The Bertz CT molecular complexity index is 1110. The fourth-order valence-corrected chi connectivity index (χ4v) is 4.35. The normalized spacial score (nSPS) is 16.4. The fourth-order valence-electron chi connectivity index (χ4n) is 4.16. The second-order valence-corrected chi connectivity index (χ2v) is 8.62. The molecule has 1 saturated heterocycles. The Hall–Kier alpha value is -2.93. The standard InChI is InChI=1S/C23H27ClN6O/c1-15-19(14-29(4)27-15)22(31)30-11-6-5-10-20(30)21-18(13-25-23(26-21)28(2)3)16-8-7-9-17(24)12-16/h7-9,12-14,20H,5-6,10-11H2,1-4H3/t20-/m1/s1. The van der Waals surface area contributed by atoms with Gasteiger partial charge in [-0.3, -0.25) is 9.48 Å². The minimum absolute atomic E-state index is 0.00245. The Morgan fingerprint density at radius 1 is 1.26 bits per heavy atom. The molecule has 7 nitrogen and oxygen atoms in total. The number of carbonyl (C=O) groups is 1. The van der Waals surface area contributed by atoms with Crippen molar-refractivity contribution in [1.29, 1.82) is 0 Å². The van der Waals surface area contributed by atoms with Crippen molar-refractivity contribution in [2.45, 2.75) is 32.2 Å². The SMILES string of the molecule is Cc1nn(C)cc1C(=O)N1CCCC[C@@H]1c1nc(N(C)C)ncc1-c1cccc(Cl)c1. The molecule has 0 N–H and O–H groups in total. The van der Waals surface area contributed by atoms with Crippen molar-refractivity contribution in [1.82, 2.24) is 24.6 Å². The van der Waals surface area contributed by atoms with E-state index in [0.29, 0.717) is 23.1 Å². The molecular weight excluding hydrogens is 412 g/mol. The van der Waals surface area contributed by atoms with Crippen molar-refractivity contribution in [3.63, 3.8) is 0 Å². The minimum atomic E-state index is -0.142. The van der Waals surface area contributed by atoms with Crippen LogP contribution in [0.5, 0.6) is 0 Å². The number of aryl methyl sites for hydroxylation is 2. The van der Waals surface area contributed by atoms with E-state index in [1.54, 1.807) is 10.9 Å². The quantitative estimate of drug-likeness (QED) is 0.608. The molecule has 2 aromatic heterocycles. The molecule has 0 aliphatic carbocycles. The summed E-state index contributed by atoms with van der Waals surface area (Å²) in [4.78, 5) is 26.8. The molecule has 3 aromatic rings. The first kappa shape index (κ1) is 21.3. The maximum absolute atomic E-state index is 13.5. The Morgan fingerprint density at radius 2 is 2.06 bits per heavy atom. The molecule has 1 amide bonds. The van der Waals surface area contributed by atoms with Gasteiger partial charge in [0, 0.05) is 50.7 Å². The molecule has 3 heterocycles. The summed E-state index contributed by atoms with van der Waals surface area (Å²) in [6.07, 6.45) is 6.50. The average Bonchev–Trinajstić information content (AvgIpc) is 3.10. The van der Waals surface area contributed by atoms with Crippen LogP contribution in [0.3, 0.4) is 0 Å². The van der Waals surface area contributed by atoms with Crippen LogP contribution in [0, 0.1) is 6.92 Å². The van der Waals surface area contributed by atoms with E-state index >= 15 is 0 Å². The molecule has 0 saturated carbocycles. The molecule has 8 heteroatoms. The Balaban J connectivity index is 1.82. The first-order valence-electron chi connectivity index (χ1n) is 10.5. The lowest BCUT2D eigenvalue weighted by Crippen LogP contribution is -2.39. The molecule has 1 aromatic carbocycles. The van der Waals surface area contributed by atoms with E-state index in [2.05, 4.69) is 10.1 Å². The third-order valence-corrected chi connectivity index (χ3v) is 5.90. The van der Waals surface area contributed by atoms with E-state index in [4.69, 9.17) is 16.6 Å². The number of aromatic nitrogens is 4. The van der Waals surface area contributed by atoms with Crippen molar-refractivity contribution in [2.24, 2.45) is 7.05 Å². The van der Waals surface area contributed by atoms with Gasteiger partial charge in [-0.2, -0.15) is 5.10 Å². The smallest absolute Gasteiger partial charge is 0.257 e. The van der Waals surface area contributed by atoms with Crippen LogP contribution in [0.25, 0.3) is 11.1 Å². The molecular formula is C23H27ClN6O.